The molecule has 102 valence electrons. The van der Waals surface area contributed by atoms with Crippen LogP contribution in [0, 0.1) is 5.92 Å². The summed E-state index contributed by atoms with van der Waals surface area (Å²) in [6.07, 6.45) is 1.61. The Labute approximate surface area is 113 Å². The van der Waals surface area contributed by atoms with Crippen LogP contribution in [-0.2, 0) is 15.7 Å². The quantitative estimate of drug-likeness (QED) is 0.682. The van der Waals surface area contributed by atoms with Crippen molar-refractivity contribution in [2.75, 3.05) is 13.7 Å². The van der Waals surface area contributed by atoms with Gasteiger partial charge in [0.25, 0.3) is 0 Å². The van der Waals surface area contributed by atoms with E-state index in [1.807, 2.05) is 6.07 Å². The van der Waals surface area contributed by atoms with Gasteiger partial charge < -0.3 is 0 Å². The second-order valence-electron chi connectivity index (χ2n) is 4.46. The summed E-state index contributed by atoms with van der Waals surface area (Å²) in [7, 11) is -1.29. The Morgan fingerprint density at radius 3 is 3.00 bits per heavy atom. The Morgan fingerprint density at radius 1 is 1.56 bits per heavy atom. The van der Waals surface area contributed by atoms with E-state index in [2.05, 4.69) is 31.1 Å². The minimum absolute atomic E-state index is 0.382. The summed E-state index contributed by atoms with van der Waals surface area (Å²) < 4.78 is 22.0. The first-order valence-electron chi connectivity index (χ1n) is 5.74. The summed E-state index contributed by atoms with van der Waals surface area (Å²) in [6.45, 7) is 5.06. The summed E-state index contributed by atoms with van der Waals surface area (Å²) in [4.78, 5) is 4.19. The van der Waals surface area contributed by atoms with E-state index < -0.39 is 7.15 Å². The predicted octanol–water partition coefficient (Wildman–Crippen LogP) is 3.01. The number of thiol groups is 1. The Hall–Kier alpha value is -0.550. The molecule has 0 unspecified atom stereocenters. The molecule has 1 aromatic heterocycles. The molecule has 5 nitrogen and oxygen atoms in total. The average Bonchev–Trinajstić information content (AvgIpc) is 2.36. The van der Waals surface area contributed by atoms with Crippen molar-refractivity contribution in [1.82, 2.24) is 4.98 Å². The maximum absolute atomic E-state index is 5.66. The molecule has 18 heavy (non-hydrogen) atoms. The van der Waals surface area contributed by atoms with Gasteiger partial charge >= 0.3 is 112 Å². The summed E-state index contributed by atoms with van der Waals surface area (Å²) in [5.41, 5.74) is 0.847. The van der Waals surface area contributed by atoms with Gasteiger partial charge in [-0.25, -0.2) is 0 Å². The molecule has 0 spiro atoms. The summed E-state index contributed by atoms with van der Waals surface area (Å²) in [6, 6.07) is 1.84. The molecule has 2 rings (SSSR count). The van der Waals surface area contributed by atoms with E-state index in [1.54, 1.807) is 13.3 Å². The predicted molar refractivity (Wildman–Crippen MR) is 74.3 cm³/mol. The number of methoxy groups -OCH3 is 1. The van der Waals surface area contributed by atoms with Crippen LogP contribution in [0.3, 0.4) is 0 Å². The monoisotopic (exact) mass is 291 g/mol. The van der Waals surface area contributed by atoms with Gasteiger partial charge in [-0.15, -0.1) is 0 Å². The van der Waals surface area contributed by atoms with Crippen molar-refractivity contribution in [2.24, 2.45) is 5.92 Å². The maximum atomic E-state index is 5.66. The fourth-order valence-electron chi connectivity index (χ4n) is 1.45. The molecule has 1 aliphatic rings. The Morgan fingerprint density at radius 2 is 2.33 bits per heavy atom. The van der Waals surface area contributed by atoms with Gasteiger partial charge in [-0.2, -0.15) is 0 Å². The molecule has 0 fully saturated rings. The van der Waals surface area contributed by atoms with Gasteiger partial charge in [-0.3, -0.25) is 0 Å². The second-order valence-corrected chi connectivity index (χ2v) is 7.93. The molecule has 7 heteroatoms. The van der Waals surface area contributed by atoms with Crippen LogP contribution in [0.5, 0.6) is 11.6 Å². The van der Waals surface area contributed by atoms with Gasteiger partial charge in [0.1, 0.15) is 0 Å². The molecular formula is C11H18NO4PS. The van der Waals surface area contributed by atoms with Crippen LogP contribution in [-0.4, -0.2) is 18.7 Å². The number of fused-ring (bicyclic) bond motifs is 1. The van der Waals surface area contributed by atoms with Crippen LogP contribution in [0.4, 0.5) is 0 Å². The number of pyridine rings is 1. The van der Waals surface area contributed by atoms with Gasteiger partial charge in [0, 0.05) is 0 Å². The Kier molecular flexibility index (Phi) is 4.33. The number of ether oxygens (including phenoxy) is 1. The third kappa shape index (κ3) is 3.26. The molecule has 0 saturated heterocycles. The molecule has 0 bridgehead atoms. The SMILES string of the molecule is COc1cnc2c(c1)CO[PH](S)(OCC(C)C)O2. The van der Waals surface area contributed by atoms with Crippen molar-refractivity contribution in [3.63, 3.8) is 0 Å². The molecule has 0 radical (unpaired) electrons. The summed E-state index contributed by atoms with van der Waals surface area (Å²) in [5, 5.41) is 0. The molecule has 0 atom stereocenters. The first-order chi connectivity index (χ1) is 8.52. The van der Waals surface area contributed by atoms with Crippen LogP contribution in [0.25, 0.3) is 0 Å². The topological polar surface area (TPSA) is 49.8 Å². The van der Waals surface area contributed by atoms with Gasteiger partial charge in [0.15, 0.2) is 0 Å². The molecule has 0 aromatic carbocycles. The molecule has 0 aliphatic carbocycles. The number of hydrogen-bond donors (Lipinski definition) is 1. The molecular weight excluding hydrogens is 273 g/mol. The third-order valence-corrected chi connectivity index (χ3v) is 4.91. The zero-order valence-corrected chi connectivity index (χ0v) is 12.6. The van der Waals surface area contributed by atoms with E-state index in [1.165, 1.54) is 0 Å². The first kappa shape index (κ1) is 13.9. The standard InChI is InChI=1S/C11H18NO4PS/c1-8(2)6-14-17(18)15-7-9-4-10(13-3)5-12-11(9)16-17/h4-5,8,17-18H,6-7H2,1-3H3. The first-order valence-corrected chi connectivity index (χ1v) is 8.76. The number of rotatable bonds is 4. The summed E-state index contributed by atoms with van der Waals surface area (Å²) in [5.74, 6) is 1.60. The van der Waals surface area contributed by atoms with Crippen molar-refractivity contribution in [1.29, 1.82) is 0 Å². The fourth-order valence-corrected chi connectivity index (χ4v) is 3.63. The van der Waals surface area contributed by atoms with E-state index in [-0.39, 0.29) is 0 Å². The van der Waals surface area contributed by atoms with Crippen molar-refractivity contribution in [3.05, 3.63) is 17.8 Å². The molecule has 0 saturated carbocycles. The van der Waals surface area contributed by atoms with E-state index in [0.717, 1.165) is 5.56 Å². The Bertz CT molecular complexity index is 432. The average molecular weight is 291 g/mol. The van der Waals surface area contributed by atoms with Crippen molar-refractivity contribution >= 4 is 19.4 Å². The number of nitrogens with zero attached hydrogens (tertiary/aromatic N) is 1. The molecule has 1 aliphatic heterocycles. The normalized spacial score (nSPS) is 18.9. The zero-order valence-electron chi connectivity index (χ0n) is 10.7. The summed E-state index contributed by atoms with van der Waals surface area (Å²) >= 11 is 4.40. The van der Waals surface area contributed by atoms with Crippen LogP contribution < -0.4 is 9.26 Å². The fraction of sp³-hybridized carbons (Fsp3) is 0.545. The second kappa shape index (κ2) is 5.61. The number of hydrogen-bond acceptors (Lipinski definition) is 6. The van der Waals surface area contributed by atoms with E-state index in [4.69, 9.17) is 18.3 Å². The van der Waals surface area contributed by atoms with Crippen molar-refractivity contribution in [2.45, 2.75) is 20.5 Å². The van der Waals surface area contributed by atoms with Gasteiger partial charge in [0.05, 0.1) is 0 Å². The van der Waals surface area contributed by atoms with E-state index in [9.17, 15) is 0 Å². The van der Waals surface area contributed by atoms with E-state index >= 15 is 0 Å². The molecule has 0 N–H and O–H groups in total. The number of aromatic nitrogens is 1. The van der Waals surface area contributed by atoms with Gasteiger partial charge in [0.2, 0.25) is 0 Å². The van der Waals surface area contributed by atoms with E-state index in [0.29, 0.717) is 30.8 Å². The van der Waals surface area contributed by atoms with Crippen molar-refractivity contribution < 1.29 is 18.3 Å². The minimum atomic E-state index is -2.89. The van der Waals surface area contributed by atoms with Crippen LogP contribution in [0.15, 0.2) is 12.3 Å². The van der Waals surface area contributed by atoms with Gasteiger partial charge in [-0.05, 0) is 0 Å². The van der Waals surface area contributed by atoms with Crippen LogP contribution in [0.1, 0.15) is 19.4 Å². The zero-order chi connectivity index (χ0) is 13.2. The molecule has 0 amide bonds. The van der Waals surface area contributed by atoms with Crippen LogP contribution >= 0.6 is 19.4 Å². The Balaban J connectivity index is 2.09. The molecule has 2 heterocycles. The van der Waals surface area contributed by atoms with Crippen molar-refractivity contribution in [3.8, 4) is 11.6 Å². The molecule has 1 aromatic rings. The van der Waals surface area contributed by atoms with Gasteiger partial charge in [-0.1, -0.05) is 0 Å². The van der Waals surface area contributed by atoms with Crippen LogP contribution in [0.2, 0.25) is 0 Å². The third-order valence-electron chi connectivity index (χ3n) is 2.37.